The average molecular weight is 433 g/mol. The Morgan fingerprint density at radius 1 is 1.00 bits per heavy atom. The summed E-state index contributed by atoms with van der Waals surface area (Å²) in [7, 11) is 0. The lowest BCUT2D eigenvalue weighted by Gasteiger charge is -2.10. The zero-order valence-corrected chi connectivity index (χ0v) is 18.2. The van der Waals surface area contributed by atoms with Crippen LogP contribution in [0.15, 0.2) is 52.9 Å². The molecule has 0 atom stereocenters. The van der Waals surface area contributed by atoms with Crippen molar-refractivity contribution in [3.05, 3.63) is 71.2 Å². The smallest absolute Gasteiger partial charge is 0.305 e. The van der Waals surface area contributed by atoms with Gasteiger partial charge in [0.2, 0.25) is 0 Å². The summed E-state index contributed by atoms with van der Waals surface area (Å²) >= 11 is 0. The minimum absolute atomic E-state index is 0.0721. The molecule has 0 bridgehead atoms. The molecule has 164 valence electrons. The van der Waals surface area contributed by atoms with Gasteiger partial charge in [-0.05, 0) is 58.0 Å². The first-order valence-corrected chi connectivity index (χ1v) is 10.1. The number of hydrazine groups is 1. The Morgan fingerprint density at radius 2 is 1.69 bits per heavy atom. The number of hydrogen-bond acceptors (Lipinski definition) is 6. The normalized spacial score (nSPS) is 11.0. The Hall–Kier alpha value is -4.14. The third kappa shape index (κ3) is 4.04. The van der Waals surface area contributed by atoms with Crippen molar-refractivity contribution in [2.24, 2.45) is 0 Å². The number of hydrogen-bond donors (Lipinski definition) is 2. The molecule has 0 fully saturated rings. The second-order valence-electron chi connectivity index (χ2n) is 7.56. The number of aryl methyl sites for hydroxylation is 1. The van der Waals surface area contributed by atoms with E-state index < -0.39 is 11.8 Å². The Morgan fingerprint density at radius 3 is 2.38 bits per heavy atom. The summed E-state index contributed by atoms with van der Waals surface area (Å²) < 4.78 is 12.8. The number of amides is 2. The van der Waals surface area contributed by atoms with Crippen molar-refractivity contribution in [1.29, 1.82) is 0 Å². The lowest BCUT2D eigenvalue weighted by atomic mass is 10.1. The largest absolute Gasteiger partial charge is 0.491 e. The highest BCUT2D eigenvalue weighted by Crippen LogP contribution is 2.24. The number of fused-ring (bicyclic) bond motifs is 1. The van der Waals surface area contributed by atoms with Gasteiger partial charge in [0.25, 0.3) is 5.91 Å². The van der Waals surface area contributed by atoms with E-state index in [2.05, 4.69) is 21.2 Å². The predicted octanol–water partition coefficient (Wildman–Crippen LogP) is 3.49. The first-order valence-electron chi connectivity index (χ1n) is 10.1. The number of aromatic nitrogens is 3. The van der Waals surface area contributed by atoms with Gasteiger partial charge >= 0.3 is 5.91 Å². The Balaban J connectivity index is 1.45. The third-order valence-corrected chi connectivity index (χ3v) is 4.90. The van der Waals surface area contributed by atoms with Crippen LogP contribution >= 0.6 is 0 Å². The molecule has 2 heterocycles. The first kappa shape index (κ1) is 21.1. The van der Waals surface area contributed by atoms with E-state index in [-0.39, 0.29) is 17.6 Å². The van der Waals surface area contributed by atoms with Gasteiger partial charge in [-0.25, -0.2) is 4.68 Å². The maximum Gasteiger partial charge on any atom is 0.305 e. The summed E-state index contributed by atoms with van der Waals surface area (Å²) in [6, 6.07) is 14.6. The van der Waals surface area contributed by atoms with Crippen LogP contribution in [0.1, 0.15) is 46.1 Å². The Labute approximate surface area is 184 Å². The summed E-state index contributed by atoms with van der Waals surface area (Å²) in [6.45, 7) is 7.41. The molecule has 0 spiro atoms. The summed E-state index contributed by atoms with van der Waals surface area (Å²) in [6.07, 6.45) is 0.0721. The topological polar surface area (TPSA) is 111 Å². The van der Waals surface area contributed by atoms with Crippen molar-refractivity contribution < 1.29 is 18.7 Å². The van der Waals surface area contributed by atoms with Gasteiger partial charge in [0.1, 0.15) is 11.3 Å². The van der Waals surface area contributed by atoms with E-state index in [1.165, 1.54) is 0 Å². The van der Waals surface area contributed by atoms with Crippen LogP contribution in [0.4, 0.5) is 0 Å². The molecule has 0 radical (unpaired) electrons. The van der Waals surface area contributed by atoms with Crippen LogP contribution < -0.4 is 15.6 Å². The van der Waals surface area contributed by atoms with E-state index in [1.54, 1.807) is 24.6 Å². The standard InChI is InChI=1S/C23H23N5O4/c1-13(2)31-17-11-9-16(10-12-17)28-15(4)20(24-27-28)22(29)25-26-23(30)21-14(3)18-7-5-6-8-19(18)32-21/h5-13H,1-4H3,(H,25,29)(H,26,30). The van der Waals surface area contributed by atoms with E-state index in [1.807, 2.05) is 56.3 Å². The highest BCUT2D eigenvalue weighted by atomic mass is 16.5. The molecule has 9 nitrogen and oxygen atoms in total. The minimum Gasteiger partial charge on any atom is -0.491 e. The van der Waals surface area contributed by atoms with Crippen molar-refractivity contribution in [1.82, 2.24) is 25.8 Å². The SMILES string of the molecule is Cc1c(C(=O)NNC(=O)c2nnn(-c3ccc(OC(C)C)cc3)c2C)oc2ccccc12. The van der Waals surface area contributed by atoms with Crippen LogP contribution in [-0.2, 0) is 0 Å². The van der Waals surface area contributed by atoms with Crippen LogP contribution in [0, 0.1) is 13.8 Å². The molecule has 0 saturated carbocycles. The van der Waals surface area contributed by atoms with Gasteiger partial charge < -0.3 is 9.15 Å². The van der Waals surface area contributed by atoms with Crippen molar-refractivity contribution in [3.63, 3.8) is 0 Å². The van der Waals surface area contributed by atoms with Crippen molar-refractivity contribution >= 4 is 22.8 Å². The number of benzene rings is 2. The number of furan rings is 1. The highest BCUT2D eigenvalue weighted by Gasteiger charge is 2.21. The molecule has 4 rings (SSSR count). The van der Waals surface area contributed by atoms with E-state index >= 15 is 0 Å². The van der Waals surface area contributed by atoms with Gasteiger partial charge in [-0.2, -0.15) is 0 Å². The second kappa shape index (κ2) is 8.54. The molecule has 0 aliphatic heterocycles. The fourth-order valence-corrected chi connectivity index (χ4v) is 3.34. The third-order valence-electron chi connectivity index (χ3n) is 4.90. The van der Waals surface area contributed by atoms with Gasteiger partial charge in [-0.15, -0.1) is 5.10 Å². The number of carbonyl (C=O) groups is 2. The molecule has 2 aromatic heterocycles. The van der Waals surface area contributed by atoms with Crippen molar-refractivity contribution in [3.8, 4) is 11.4 Å². The van der Waals surface area contributed by atoms with Crippen molar-refractivity contribution in [2.45, 2.75) is 33.8 Å². The summed E-state index contributed by atoms with van der Waals surface area (Å²) in [4.78, 5) is 25.1. The van der Waals surface area contributed by atoms with E-state index in [0.29, 0.717) is 16.8 Å². The lowest BCUT2D eigenvalue weighted by molar-refractivity contribution is 0.0828. The molecular formula is C23H23N5O4. The Bertz CT molecular complexity index is 1290. The number of rotatable bonds is 5. The fraction of sp³-hybridized carbons (Fsp3) is 0.217. The summed E-state index contributed by atoms with van der Waals surface area (Å²) in [5.41, 5.74) is 7.38. The molecule has 32 heavy (non-hydrogen) atoms. The maximum absolute atomic E-state index is 12.6. The molecule has 9 heteroatoms. The van der Waals surface area contributed by atoms with Gasteiger partial charge in [0, 0.05) is 10.9 Å². The first-order chi connectivity index (χ1) is 15.3. The number of nitrogens with one attached hydrogen (secondary N) is 2. The van der Waals surface area contributed by atoms with Crippen LogP contribution in [0.5, 0.6) is 5.75 Å². The molecule has 4 aromatic rings. The fourth-order valence-electron chi connectivity index (χ4n) is 3.34. The summed E-state index contributed by atoms with van der Waals surface area (Å²) in [5.74, 6) is -0.271. The van der Waals surface area contributed by atoms with Crippen LogP contribution in [0.3, 0.4) is 0 Å². The van der Waals surface area contributed by atoms with Crippen LogP contribution in [-0.4, -0.2) is 32.9 Å². The molecule has 2 N–H and O–H groups in total. The predicted molar refractivity (Wildman–Crippen MR) is 118 cm³/mol. The number of carbonyl (C=O) groups excluding carboxylic acids is 2. The molecular weight excluding hydrogens is 410 g/mol. The zero-order valence-electron chi connectivity index (χ0n) is 18.2. The molecule has 0 saturated heterocycles. The highest BCUT2D eigenvalue weighted by molar-refractivity contribution is 6.01. The Kier molecular flexibility index (Phi) is 5.63. The monoisotopic (exact) mass is 433 g/mol. The molecule has 0 aliphatic rings. The average Bonchev–Trinajstić information content (AvgIpc) is 3.32. The van der Waals surface area contributed by atoms with E-state index in [4.69, 9.17) is 9.15 Å². The zero-order chi connectivity index (χ0) is 22.8. The van der Waals surface area contributed by atoms with Gasteiger partial charge in [-0.1, -0.05) is 23.4 Å². The van der Waals surface area contributed by atoms with Gasteiger partial charge in [0.15, 0.2) is 11.5 Å². The number of para-hydroxylation sites is 1. The van der Waals surface area contributed by atoms with Crippen LogP contribution in [0.2, 0.25) is 0 Å². The van der Waals surface area contributed by atoms with E-state index in [9.17, 15) is 9.59 Å². The van der Waals surface area contributed by atoms with E-state index in [0.717, 1.165) is 16.8 Å². The summed E-state index contributed by atoms with van der Waals surface area (Å²) in [5, 5.41) is 8.86. The number of nitrogens with zero attached hydrogens (tertiary/aromatic N) is 3. The molecule has 2 aromatic carbocycles. The van der Waals surface area contributed by atoms with Gasteiger partial charge in [0.05, 0.1) is 17.5 Å². The van der Waals surface area contributed by atoms with Gasteiger partial charge in [-0.3, -0.25) is 20.4 Å². The lowest BCUT2D eigenvalue weighted by Crippen LogP contribution is -2.42. The minimum atomic E-state index is -0.587. The number of ether oxygens (including phenoxy) is 1. The maximum atomic E-state index is 12.6. The molecule has 2 amide bonds. The van der Waals surface area contributed by atoms with Crippen molar-refractivity contribution in [2.75, 3.05) is 0 Å². The molecule has 0 unspecified atom stereocenters. The quantitative estimate of drug-likeness (QED) is 0.466. The second-order valence-corrected chi connectivity index (χ2v) is 7.56. The molecule has 0 aliphatic carbocycles. The van der Waals surface area contributed by atoms with Crippen LogP contribution in [0.25, 0.3) is 16.7 Å².